The molecule has 0 saturated heterocycles. The number of nitrogen functional groups attached to an aromatic ring is 1. The highest BCUT2D eigenvalue weighted by atomic mass is 35.5. The summed E-state index contributed by atoms with van der Waals surface area (Å²) in [5.74, 6) is 0.223. The van der Waals surface area contributed by atoms with Crippen molar-refractivity contribution >= 4 is 28.5 Å². The highest BCUT2D eigenvalue weighted by molar-refractivity contribution is 6.30. The molecule has 5 nitrogen and oxygen atoms in total. The van der Waals surface area contributed by atoms with E-state index in [1.165, 1.54) is 0 Å². The third kappa shape index (κ3) is 2.51. The van der Waals surface area contributed by atoms with E-state index in [1.807, 2.05) is 42.6 Å². The molecule has 0 bridgehead atoms. The predicted molar refractivity (Wildman–Crippen MR) is 92.0 cm³/mol. The smallest absolute Gasteiger partial charge is 0.221 e. The Morgan fingerprint density at radius 1 is 1.04 bits per heavy atom. The molecule has 0 aliphatic carbocycles. The fourth-order valence-electron chi connectivity index (χ4n) is 2.58. The molecule has 0 radical (unpaired) electrons. The molecule has 4 rings (SSSR count). The third-order valence-electron chi connectivity index (χ3n) is 3.62. The predicted octanol–water partition coefficient (Wildman–Crippen LogP) is 3.92. The number of pyridine rings is 1. The van der Waals surface area contributed by atoms with Crippen LogP contribution in [0.5, 0.6) is 0 Å². The van der Waals surface area contributed by atoms with Crippen molar-refractivity contribution in [2.45, 2.75) is 0 Å². The van der Waals surface area contributed by atoms with Crippen LogP contribution in [0, 0.1) is 0 Å². The fraction of sp³-hybridized carbons (Fsp3) is 0. The number of nitrogens with zero attached hydrogens (tertiary/aromatic N) is 3. The lowest BCUT2D eigenvalue weighted by Crippen LogP contribution is -1.98. The molecule has 3 N–H and O–H groups in total. The minimum atomic E-state index is 0.223. The summed E-state index contributed by atoms with van der Waals surface area (Å²) in [5.41, 5.74) is 10.2. The lowest BCUT2D eigenvalue weighted by molar-refractivity contribution is 1.19. The first kappa shape index (κ1) is 13.7. The van der Waals surface area contributed by atoms with Crippen LogP contribution in [-0.2, 0) is 0 Å². The number of H-pyrrole nitrogens is 1. The van der Waals surface area contributed by atoms with Crippen LogP contribution in [0.2, 0.25) is 5.02 Å². The van der Waals surface area contributed by atoms with Gasteiger partial charge < -0.3 is 10.7 Å². The summed E-state index contributed by atoms with van der Waals surface area (Å²) in [5, 5.41) is 1.69. The number of halogens is 1. The highest BCUT2D eigenvalue weighted by Gasteiger charge is 2.11. The van der Waals surface area contributed by atoms with Crippen LogP contribution in [-0.4, -0.2) is 19.9 Å². The number of hydrogen-bond donors (Lipinski definition) is 2. The molecule has 23 heavy (non-hydrogen) atoms. The molecule has 1 aromatic carbocycles. The maximum atomic E-state index is 6.07. The molecule has 0 fully saturated rings. The summed E-state index contributed by atoms with van der Waals surface area (Å²) >= 11 is 6.07. The SMILES string of the molecule is Nc1nc(-c2cccc(Cl)c2)cc(-c2c[nH]c3cnccc23)n1. The van der Waals surface area contributed by atoms with Crippen molar-refractivity contribution in [3.63, 3.8) is 0 Å². The zero-order valence-electron chi connectivity index (χ0n) is 12.0. The van der Waals surface area contributed by atoms with Gasteiger partial charge in [0.1, 0.15) is 0 Å². The van der Waals surface area contributed by atoms with Crippen LogP contribution in [0.25, 0.3) is 33.4 Å². The first-order valence-corrected chi connectivity index (χ1v) is 7.40. The quantitative estimate of drug-likeness (QED) is 0.586. The minimum absolute atomic E-state index is 0.223. The Morgan fingerprint density at radius 2 is 1.91 bits per heavy atom. The number of nitrogens with two attached hydrogens (primary N) is 1. The molecule has 0 aliphatic heterocycles. The molecule has 0 spiro atoms. The number of aromatic amines is 1. The maximum absolute atomic E-state index is 6.07. The Morgan fingerprint density at radius 3 is 2.78 bits per heavy atom. The van der Waals surface area contributed by atoms with E-state index in [2.05, 4.69) is 19.9 Å². The van der Waals surface area contributed by atoms with Gasteiger partial charge >= 0.3 is 0 Å². The molecule has 6 heteroatoms. The standard InChI is InChI=1S/C17H12ClN5/c18-11-3-1-2-10(6-11)14-7-15(23-17(19)22-14)13-8-21-16-9-20-5-4-12(13)16/h1-9,21H,(H2,19,22,23). The van der Waals surface area contributed by atoms with E-state index in [1.54, 1.807) is 12.4 Å². The lowest BCUT2D eigenvalue weighted by atomic mass is 10.1. The Labute approximate surface area is 137 Å². The Hall–Kier alpha value is -2.92. The number of hydrogen-bond acceptors (Lipinski definition) is 4. The first-order valence-electron chi connectivity index (χ1n) is 7.03. The molecular formula is C17H12ClN5. The van der Waals surface area contributed by atoms with Gasteiger partial charge in [0.2, 0.25) is 5.95 Å². The summed E-state index contributed by atoms with van der Waals surface area (Å²) in [4.78, 5) is 16.0. The van der Waals surface area contributed by atoms with Gasteiger partial charge in [0.05, 0.1) is 23.1 Å². The largest absolute Gasteiger partial charge is 0.368 e. The zero-order valence-corrected chi connectivity index (χ0v) is 12.7. The normalized spacial score (nSPS) is 11.0. The van der Waals surface area contributed by atoms with Crippen molar-refractivity contribution in [3.8, 4) is 22.5 Å². The molecule has 3 heterocycles. The van der Waals surface area contributed by atoms with Gasteiger partial charge in [0, 0.05) is 33.9 Å². The van der Waals surface area contributed by atoms with E-state index in [-0.39, 0.29) is 5.95 Å². The van der Waals surface area contributed by atoms with Crippen molar-refractivity contribution in [1.82, 2.24) is 19.9 Å². The van der Waals surface area contributed by atoms with Crippen LogP contribution in [0.15, 0.2) is 55.0 Å². The van der Waals surface area contributed by atoms with Gasteiger partial charge in [0.15, 0.2) is 0 Å². The van der Waals surface area contributed by atoms with E-state index in [0.717, 1.165) is 33.4 Å². The van der Waals surface area contributed by atoms with Crippen LogP contribution in [0.3, 0.4) is 0 Å². The van der Waals surface area contributed by atoms with Gasteiger partial charge in [-0.2, -0.15) is 0 Å². The van der Waals surface area contributed by atoms with Crippen molar-refractivity contribution in [3.05, 3.63) is 60.0 Å². The van der Waals surface area contributed by atoms with Crippen LogP contribution in [0.4, 0.5) is 5.95 Å². The van der Waals surface area contributed by atoms with Crippen LogP contribution >= 0.6 is 11.6 Å². The minimum Gasteiger partial charge on any atom is -0.368 e. The molecule has 3 aromatic heterocycles. The molecule has 0 amide bonds. The second-order valence-electron chi connectivity index (χ2n) is 5.13. The number of fused-ring (bicyclic) bond motifs is 1. The van der Waals surface area contributed by atoms with Crippen molar-refractivity contribution < 1.29 is 0 Å². The summed E-state index contributed by atoms with van der Waals surface area (Å²) < 4.78 is 0. The number of benzene rings is 1. The molecule has 0 atom stereocenters. The van der Waals surface area contributed by atoms with Gasteiger partial charge in [-0.15, -0.1) is 0 Å². The highest BCUT2D eigenvalue weighted by Crippen LogP contribution is 2.30. The van der Waals surface area contributed by atoms with E-state index in [4.69, 9.17) is 17.3 Å². The lowest BCUT2D eigenvalue weighted by Gasteiger charge is -2.06. The number of anilines is 1. The average Bonchev–Trinajstić information content (AvgIpc) is 2.98. The van der Waals surface area contributed by atoms with E-state index in [9.17, 15) is 0 Å². The van der Waals surface area contributed by atoms with Gasteiger partial charge in [-0.1, -0.05) is 23.7 Å². The molecule has 0 saturated carbocycles. The van der Waals surface area contributed by atoms with E-state index in [0.29, 0.717) is 5.02 Å². The fourth-order valence-corrected chi connectivity index (χ4v) is 2.77. The van der Waals surface area contributed by atoms with Crippen molar-refractivity contribution in [2.24, 2.45) is 0 Å². The van der Waals surface area contributed by atoms with Gasteiger partial charge in [-0.05, 0) is 24.3 Å². The number of rotatable bonds is 2. The van der Waals surface area contributed by atoms with Crippen LogP contribution in [0.1, 0.15) is 0 Å². The Bertz CT molecular complexity index is 1010. The molecule has 112 valence electrons. The van der Waals surface area contributed by atoms with E-state index < -0.39 is 0 Å². The van der Waals surface area contributed by atoms with Gasteiger partial charge in [-0.25, -0.2) is 9.97 Å². The second kappa shape index (κ2) is 5.37. The molecule has 0 aliphatic rings. The topological polar surface area (TPSA) is 80.5 Å². The summed E-state index contributed by atoms with van der Waals surface area (Å²) in [6.45, 7) is 0. The van der Waals surface area contributed by atoms with Crippen molar-refractivity contribution in [1.29, 1.82) is 0 Å². The van der Waals surface area contributed by atoms with Gasteiger partial charge in [-0.3, -0.25) is 4.98 Å². The average molecular weight is 322 g/mol. The molecular weight excluding hydrogens is 310 g/mol. The zero-order chi connectivity index (χ0) is 15.8. The number of aromatic nitrogens is 4. The monoisotopic (exact) mass is 321 g/mol. The van der Waals surface area contributed by atoms with E-state index >= 15 is 0 Å². The second-order valence-corrected chi connectivity index (χ2v) is 5.57. The summed E-state index contributed by atoms with van der Waals surface area (Å²) in [6.07, 6.45) is 5.43. The summed E-state index contributed by atoms with van der Waals surface area (Å²) in [7, 11) is 0. The maximum Gasteiger partial charge on any atom is 0.221 e. The molecule has 4 aromatic rings. The first-order chi connectivity index (χ1) is 11.2. The summed E-state index contributed by atoms with van der Waals surface area (Å²) in [6, 6.07) is 11.3. The van der Waals surface area contributed by atoms with Crippen LogP contribution < -0.4 is 5.73 Å². The molecule has 0 unspecified atom stereocenters. The number of nitrogens with one attached hydrogen (secondary N) is 1. The third-order valence-corrected chi connectivity index (χ3v) is 3.86. The Kier molecular flexibility index (Phi) is 3.20. The Balaban J connectivity index is 1.90. The van der Waals surface area contributed by atoms with Gasteiger partial charge in [0.25, 0.3) is 0 Å². The van der Waals surface area contributed by atoms with Crippen molar-refractivity contribution in [2.75, 3.05) is 5.73 Å².